The van der Waals surface area contributed by atoms with Gasteiger partial charge in [-0.05, 0) is 36.4 Å². The Morgan fingerprint density at radius 1 is 1.00 bits per heavy atom. The lowest BCUT2D eigenvalue weighted by Crippen LogP contribution is -2.45. The minimum atomic E-state index is -0.376. The second-order valence-electron chi connectivity index (χ2n) is 11.4. The van der Waals surface area contributed by atoms with Gasteiger partial charge in [0.05, 0.1) is 15.9 Å². The zero-order valence-corrected chi connectivity index (χ0v) is 24.2. The number of amides is 2. The minimum Gasteiger partial charge on any atom is -0.359 e. The van der Waals surface area contributed by atoms with Gasteiger partial charge in [-0.1, -0.05) is 62.4 Å². The number of benzene rings is 2. The molecule has 1 aliphatic heterocycles. The van der Waals surface area contributed by atoms with E-state index in [0.29, 0.717) is 17.3 Å². The molecule has 0 atom stereocenters. The van der Waals surface area contributed by atoms with E-state index >= 15 is 0 Å². The molecule has 1 fully saturated rings. The Labute approximate surface area is 237 Å². The van der Waals surface area contributed by atoms with Gasteiger partial charge < -0.3 is 14.7 Å². The lowest BCUT2D eigenvalue weighted by atomic mass is 9.93. The van der Waals surface area contributed by atoms with Crippen LogP contribution in [0.3, 0.4) is 0 Å². The molecular weight excluding hydrogens is 522 g/mol. The highest BCUT2D eigenvalue weighted by atomic mass is 32.1. The van der Waals surface area contributed by atoms with Crippen LogP contribution >= 0.6 is 11.3 Å². The van der Waals surface area contributed by atoms with Gasteiger partial charge >= 0.3 is 6.03 Å². The van der Waals surface area contributed by atoms with E-state index < -0.39 is 0 Å². The van der Waals surface area contributed by atoms with Crippen LogP contribution in [0.5, 0.6) is 0 Å². The minimum absolute atomic E-state index is 0.181. The van der Waals surface area contributed by atoms with Crippen molar-refractivity contribution in [3.8, 4) is 11.3 Å². The molecule has 4 heterocycles. The molecule has 6 rings (SSSR count). The molecule has 1 aliphatic rings. The molecule has 0 bridgehead atoms. The van der Waals surface area contributed by atoms with E-state index in [-0.39, 0.29) is 11.4 Å². The molecule has 0 unspecified atom stereocenters. The maximum Gasteiger partial charge on any atom is 0.324 e. The fourth-order valence-electron chi connectivity index (χ4n) is 4.99. The predicted octanol–water partition coefficient (Wildman–Crippen LogP) is 6.28. The van der Waals surface area contributed by atoms with Crippen LogP contribution in [0.15, 0.2) is 59.3 Å². The zero-order chi connectivity index (χ0) is 27.9. The number of urea groups is 1. The van der Waals surface area contributed by atoms with Gasteiger partial charge in [0.1, 0.15) is 5.76 Å². The van der Waals surface area contributed by atoms with Gasteiger partial charge in [0.25, 0.3) is 0 Å². The normalized spacial score (nSPS) is 15.2. The van der Waals surface area contributed by atoms with Crippen LogP contribution in [0.2, 0.25) is 0 Å². The monoisotopic (exact) mass is 557 g/mol. The van der Waals surface area contributed by atoms with Crippen molar-refractivity contribution in [2.24, 2.45) is 0 Å². The van der Waals surface area contributed by atoms with Crippen molar-refractivity contribution in [3.63, 3.8) is 0 Å². The number of anilines is 2. The number of thiazole rings is 1. The van der Waals surface area contributed by atoms with Gasteiger partial charge in [-0.25, -0.2) is 9.78 Å². The first-order valence-electron chi connectivity index (χ1n) is 13.8. The number of nitrogens with zero attached hydrogens (tertiary/aromatic N) is 5. The van der Waals surface area contributed by atoms with E-state index in [1.807, 2.05) is 45.0 Å². The van der Waals surface area contributed by atoms with E-state index in [1.165, 1.54) is 15.8 Å². The smallest absolute Gasteiger partial charge is 0.324 e. The number of likely N-dealkylation sites (N-methyl/N-ethyl adjacent to an activating group) is 1. The van der Waals surface area contributed by atoms with Gasteiger partial charge in [-0.2, -0.15) is 0 Å². The Morgan fingerprint density at radius 2 is 1.75 bits per heavy atom. The van der Waals surface area contributed by atoms with E-state index in [9.17, 15) is 4.79 Å². The Hall–Kier alpha value is -3.73. The molecule has 0 saturated carbocycles. The molecule has 0 aliphatic carbocycles. The van der Waals surface area contributed by atoms with Crippen molar-refractivity contribution >= 4 is 44.1 Å². The lowest BCUT2D eigenvalue weighted by molar-refractivity contribution is 0.132. The maximum absolute atomic E-state index is 12.5. The van der Waals surface area contributed by atoms with Crippen LogP contribution in [0.1, 0.15) is 39.0 Å². The lowest BCUT2D eigenvalue weighted by Gasteiger charge is -2.34. The first-order chi connectivity index (χ1) is 19.2. The zero-order valence-electron chi connectivity index (χ0n) is 23.4. The molecule has 5 aromatic rings. The average molecular weight is 558 g/mol. The summed E-state index contributed by atoms with van der Waals surface area (Å²) in [4.78, 5) is 23.4. The fraction of sp³-hybridized carbons (Fsp3) is 0.367. The number of nitrogens with one attached hydrogen (secondary N) is 2. The number of carbonyl (C=O) groups is 1. The molecule has 0 radical (unpaired) electrons. The van der Waals surface area contributed by atoms with Crippen molar-refractivity contribution < 1.29 is 9.32 Å². The number of rotatable bonds is 6. The molecule has 208 valence electrons. The van der Waals surface area contributed by atoms with E-state index in [2.05, 4.69) is 61.3 Å². The summed E-state index contributed by atoms with van der Waals surface area (Å²) < 4.78 is 8.76. The summed E-state index contributed by atoms with van der Waals surface area (Å²) in [6.45, 7) is 14.9. The summed E-state index contributed by atoms with van der Waals surface area (Å²) in [5.41, 5.74) is 4.92. The van der Waals surface area contributed by atoms with E-state index in [1.54, 1.807) is 17.4 Å². The summed E-state index contributed by atoms with van der Waals surface area (Å²) in [6, 6.07) is 15.8. The van der Waals surface area contributed by atoms with E-state index in [4.69, 9.17) is 9.51 Å². The predicted molar refractivity (Wildman–Crippen MR) is 161 cm³/mol. The van der Waals surface area contributed by atoms with Crippen molar-refractivity contribution in [1.82, 2.24) is 24.3 Å². The topological polar surface area (TPSA) is 90.9 Å². The second-order valence-corrected chi connectivity index (χ2v) is 12.4. The molecule has 40 heavy (non-hydrogen) atoms. The summed E-state index contributed by atoms with van der Waals surface area (Å²) in [7, 11) is 0. The quantitative estimate of drug-likeness (QED) is 0.255. The molecule has 2 N–H and O–H groups in total. The Morgan fingerprint density at radius 3 is 2.45 bits per heavy atom. The third kappa shape index (κ3) is 5.60. The second kappa shape index (κ2) is 10.7. The molecule has 0 spiro atoms. The Balaban J connectivity index is 1.13. The number of carbonyl (C=O) groups excluding carboxylic acids is 1. The number of hydrogen-bond acceptors (Lipinski definition) is 7. The van der Waals surface area contributed by atoms with Crippen LogP contribution in [0.4, 0.5) is 16.3 Å². The van der Waals surface area contributed by atoms with Gasteiger partial charge in [0.15, 0.2) is 10.8 Å². The first kappa shape index (κ1) is 26.5. The standard InChI is InChI=1S/C30H35N7O2S/c1-5-35-12-14-36(15-13-35)18-20-6-11-25-24(16-20)37-19-23(32-29(37)40-25)21-7-9-22(10-8-21)31-28(38)33-27-17-26(39-34-27)30(2,3)4/h6-11,16-17,19H,5,12-15,18H2,1-4H3,(H2,31,33,34,38). The highest BCUT2D eigenvalue weighted by Crippen LogP contribution is 2.31. The largest absolute Gasteiger partial charge is 0.359 e. The Bertz CT molecular complexity index is 1640. The summed E-state index contributed by atoms with van der Waals surface area (Å²) in [5.74, 6) is 1.09. The van der Waals surface area contributed by atoms with Crippen LogP contribution in [-0.2, 0) is 12.0 Å². The van der Waals surface area contributed by atoms with Gasteiger partial charge in [-0.3, -0.25) is 14.6 Å². The molecule has 2 amide bonds. The third-order valence-corrected chi connectivity index (χ3v) is 8.44. The number of piperazine rings is 1. The number of fused-ring (bicyclic) bond motifs is 3. The molecule has 9 nitrogen and oxygen atoms in total. The molecule has 1 saturated heterocycles. The molecular formula is C30H35N7O2S. The Kier molecular flexibility index (Phi) is 7.07. The SMILES string of the molecule is CCN1CCN(Cc2ccc3sc4nc(-c5ccc(NC(=O)Nc6cc(C(C)(C)C)on6)cc5)cn4c3c2)CC1. The van der Waals surface area contributed by atoms with Crippen molar-refractivity contribution in [3.05, 3.63) is 66.1 Å². The van der Waals surface area contributed by atoms with Crippen LogP contribution < -0.4 is 10.6 Å². The third-order valence-electron chi connectivity index (χ3n) is 7.41. The van der Waals surface area contributed by atoms with Gasteiger partial charge in [-0.15, -0.1) is 0 Å². The van der Waals surface area contributed by atoms with Gasteiger partial charge in [0.2, 0.25) is 0 Å². The average Bonchev–Trinajstić information content (AvgIpc) is 3.65. The highest BCUT2D eigenvalue weighted by molar-refractivity contribution is 7.23. The van der Waals surface area contributed by atoms with Crippen molar-refractivity contribution in [2.45, 2.75) is 39.7 Å². The summed E-state index contributed by atoms with van der Waals surface area (Å²) >= 11 is 1.70. The number of aromatic nitrogens is 3. The molecule has 10 heteroatoms. The number of hydrogen-bond donors (Lipinski definition) is 2. The first-order valence-corrected chi connectivity index (χ1v) is 14.6. The molecule has 3 aromatic heterocycles. The van der Waals surface area contributed by atoms with Crippen LogP contribution in [-0.4, -0.2) is 63.1 Å². The van der Waals surface area contributed by atoms with Gasteiger partial charge in [0, 0.05) is 61.7 Å². The van der Waals surface area contributed by atoms with Crippen molar-refractivity contribution in [2.75, 3.05) is 43.4 Å². The molecule has 2 aromatic carbocycles. The van der Waals surface area contributed by atoms with Crippen LogP contribution in [0.25, 0.3) is 26.4 Å². The van der Waals surface area contributed by atoms with Crippen molar-refractivity contribution in [1.29, 1.82) is 0 Å². The highest BCUT2D eigenvalue weighted by Gasteiger charge is 2.20. The number of imidazole rings is 1. The summed E-state index contributed by atoms with van der Waals surface area (Å²) in [6.07, 6.45) is 2.10. The van der Waals surface area contributed by atoms with Crippen LogP contribution in [0, 0.1) is 0 Å². The fourth-order valence-corrected chi connectivity index (χ4v) is 5.98. The summed E-state index contributed by atoms with van der Waals surface area (Å²) in [5, 5.41) is 9.50. The maximum atomic E-state index is 12.5. The van der Waals surface area contributed by atoms with E-state index in [0.717, 1.165) is 55.5 Å².